The fraction of sp³-hybridized carbons (Fsp3) is 0.368. The first-order valence-electron chi connectivity index (χ1n) is 7.83. The lowest BCUT2D eigenvalue weighted by Crippen LogP contribution is -2.43. The van der Waals surface area contributed by atoms with Gasteiger partial charge in [0.15, 0.2) is 0 Å². The van der Waals surface area contributed by atoms with E-state index in [2.05, 4.69) is 49.8 Å². The summed E-state index contributed by atoms with van der Waals surface area (Å²) in [7, 11) is -1.88. The van der Waals surface area contributed by atoms with Crippen LogP contribution in [0.2, 0.25) is 18.1 Å². The Labute approximate surface area is 148 Å². The smallest absolute Gasteiger partial charge is 0.250 e. The van der Waals surface area contributed by atoms with Gasteiger partial charge in [0.05, 0.1) is 0 Å². The first-order chi connectivity index (χ1) is 10.6. The molecule has 0 bridgehead atoms. The fourth-order valence-corrected chi connectivity index (χ4v) is 3.50. The Hall–Kier alpha value is -1.10. The molecule has 0 aliphatic carbocycles. The van der Waals surface area contributed by atoms with Gasteiger partial charge in [0, 0.05) is 4.47 Å². The highest BCUT2D eigenvalue weighted by atomic mass is 79.9. The van der Waals surface area contributed by atoms with Crippen molar-refractivity contribution in [2.45, 2.75) is 45.0 Å². The molecule has 0 heterocycles. The van der Waals surface area contributed by atoms with Crippen molar-refractivity contribution in [2.24, 2.45) is 0 Å². The van der Waals surface area contributed by atoms with Crippen LogP contribution in [-0.2, 0) is 0 Å². The van der Waals surface area contributed by atoms with E-state index in [1.54, 1.807) is 0 Å². The van der Waals surface area contributed by atoms with E-state index < -0.39 is 14.4 Å². The molecule has 0 aliphatic rings. The highest BCUT2D eigenvalue weighted by Gasteiger charge is 2.39. The molecule has 2 nitrogen and oxygen atoms in total. The summed E-state index contributed by atoms with van der Waals surface area (Å²) in [5.74, 6) is 0.836. The minimum Gasteiger partial charge on any atom is -0.543 e. The largest absolute Gasteiger partial charge is 0.543 e. The topological polar surface area (TPSA) is 29.5 Å². The minimum absolute atomic E-state index is 0.145. The van der Waals surface area contributed by atoms with Crippen molar-refractivity contribution in [3.05, 3.63) is 64.1 Å². The van der Waals surface area contributed by atoms with Gasteiger partial charge in [-0.15, -0.1) is 0 Å². The summed E-state index contributed by atoms with van der Waals surface area (Å²) < 4.78 is 7.30. The Kier molecular flexibility index (Phi) is 5.39. The number of hydrogen-bond donors (Lipinski definition) is 1. The van der Waals surface area contributed by atoms with Crippen molar-refractivity contribution >= 4 is 24.2 Å². The van der Waals surface area contributed by atoms with Gasteiger partial charge >= 0.3 is 0 Å². The van der Waals surface area contributed by atoms with Crippen LogP contribution in [0, 0.1) is 0 Å². The lowest BCUT2D eigenvalue weighted by molar-refractivity contribution is 0.220. The molecular formula is C19H25BrO2Si. The van der Waals surface area contributed by atoms with Crippen LogP contribution >= 0.6 is 15.9 Å². The van der Waals surface area contributed by atoms with E-state index in [9.17, 15) is 5.11 Å². The highest BCUT2D eigenvalue weighted by Crippen LogP contribution is 2.38. The van der Waals surface area contributed by atoms with E-state index in [0.29, 0.717) is 0 Å². The molecule has 0 radical (unpaired) electrons. The molecule has 4 heteroatoms. The van der Waals surface area contributed by atoms with Crippen LogP contribution in [-0.4, -0.2) is 13.4 Å². The summed E-state index contributed by atoms with van der Waals surface area (Å²) in [6.45, 7) is 11.1. The fourth-order valence-electron chi connectivity index (χ4n) is 2.06. The Bertz CT molecular complexity index is 677. The second-order valence-corrected chi connectivity index (χ2v) is 13.0. The van der Waals surface area contributed by atoms with Crippen molar-refractivity contribution in [3.8, 4) is 5.75 Å². The van der Waals surface area contributed by atoms with Crippen molar-refractivity contribution in [2.75, 3.05) is 0 Å². The monoisotopic (exact) mass is 392 g/mol. The van der Waals surface area contributed by atoms with Gasteiger partial charge in [-0.05, 0) is 53.5 Å². The van der Waals surface area contributed by atoms with Gasteiger partial charge in [0.1, 0.15) is 11.9 Å². The second kappa shape index (κ2) is 6.79. The molecule has 1 atom stereocenters. The second-order valence-electron chi connectivity index (χ2n) is 7.39. The lowest BCUT2D eigenvalue weighted by atomic mass is 10.0. The molecular weight excluding hydrogens is 368 g/mol. The summed E-state index contributed by atoms with van der Waals surface area (Å²) in [6.07, 6.45) is -0.657. The van der Waals surface area contributed by atoms with Crippen molar-refractivity contribution in [1.29, 1.82) is 0 Å². The summed E-state index contributed by atoms with van der Waals surface area (Å²) in [4.78, 5) is 0. The van der Waals surface area contributed by atoms with Crippen molar-refractivity contribution < 1.29 is 9.53 Å². The molecule has 2 aromatic carbocycles. The maximum Gasteiger partial charge on any atom is 0.250 e. The van der Waals surface area contributed by atoms with Crippen molar-refractivity contribution in [3.63, 3.8) is 0 Å². The van der Waals surface area contributed by atoms with E-state index in [4.69, 9.17) is 4.43 Å². The summed E-state index contributed by atoms with van der Waals surface area (Å²) in [5, 5.41) is 10.8. The highest BCUT2D eigenvalue weighted by molar-refractivity contribution is 9.10. The Morgan fingerprint density at radius 3 is 2.13 bits per heavy atom. The SMILES string of the molecule is CC(C)(C)[Si](C)(C)Oc1cccc(C(O)c2cccc(Br)c2)c1. The average molecular weight is 393 g/mol. The van der Waals surface area contributed by atoms with Gasteiger partial charge in [-0.2, -0.15) is 0 Å². The average Bonchev–Trinajstić information content (AvgIpc) is 2.45. The van der Waals surface area contributed by atoms with E-state index in [1.165, 1.54) is 0 Å². The Morgan fingerprint density at radius 1 is 1.00 bits per heavy atom. The third-order valence-electron chi connectivity index (χ3n) is 4.52. The third-order valence-corrected chi connectivity index (χ3v) is 9.37. The van der Waals surface area contributed by atoms with Crippen LogP contribution in [0.5, 0.6) is 5.75 Å². The van der Waals surface area contributed by atoms with Crippen LogP contribution in [0.25, 0.3) is 0 Å². The van der Waals surface area contributed by atoms with Crippen LogP contribution in [0.3, 0.4) is 0 Å². The van der Waals surface area contributed by atoms with E-state index in [-0.39, 0.29) is 5.04 Å². The van der Waals surface area contributed by atoms with Gasteiger partial charge in [-0.25, -0.2) is 0 Å². The number of benzene rings is 2. The molecule has 0 saturated heterocycles. The Balaban J connectivity index is 2.26. The molecule has 0 aromatic heterocycles. The zero-order valence-electron chi connectivity index (χ0n) is 14.4. The standard InChI is InChI=1S/C19H25BrO2Si/c1-19(2,3)23(4,5)22-17-11-7-9-15(13-17)18(21)14-8-6-10-16(20)12-14/h6-13,18,21H,1-5H3. The van der Waals surface area contributed by atoms with E-state index >= 15 is 0 Å². The van der Waals surface area contributed by atoms with Crippen LogP contribution in [0.4, 0.5) is 0 Å². The van der Waals surface area contributed by atoms with Crippen molar-refractivity contribution in [1.82, 2.24) is 0 Å². The number of hydrogen-bond acceptors (Lipinski definition) is 2. The molecule has 0 spiro atoms. The molecule has 0 fully saturated rings. The number of halogens is 1. The first kappa shape index (κ1) is 18.2. The molecule has 1 unspecified atom stereocenters. The first-order valence-corrected chi connectivity index (χ1v) is 11.5. The van der Waals surface area contributed by atoms with E-state index in [1.807, 2.05) is 48.5 Å². The minimum atomic E-state index is -1.88. The van der Waals surface area contributed by atoms with Gasteiger partial charge in [0.25, 0.3) is 0 Å². The molecule has 0 aliphatic heterocycles. The zero-order valence-corrected chi connectivity index (χ0v) is 17.0. The quantitative estimate of drug-likeness (QED) is 0.654. The molecule has 124 valence electrons. The maximum atomic E-state index is 10.6. The third kappa shape index (κ3) is 4.46. The normalized spacial score (nSPS) is 13.7. The molecule has 0 saturated carbocycles. The molecule has 23 heavy (non-hydrogen) atoms. The summed E-state index contributed by atoms with van der Waals surface area (Å²) >= 11 is 3.45. The summed E-state index contributed by atoms with van der Waals surface area (Å²) in [6, 6.07) is 15.5. The van der Waals surface area contributed by atoms with Crippen LogP contribution in [0.1, 0.15) is 38.0 Å². The van der Waals surface area contributed by atoms with Gasteiger partial charge < -0.3 is 9.53 Å². The predicted octanol–water partition coefficient (Wildman–Crippen LogP) is 5.91. The van der Waals surface area contributed by atoms with E-state index in [0.717, 1.165) is 21.3 Å². The predicted molar refractivity (Wildman–Crippen MR) is 102 cm³/mol. The van der Waals surface area contributed by atoms with Gasteiger partial charge in [0.2, 0.25) is 8.32 Å². The number of aliphatic hydroxyl groups excluding tert-OH is 1. The molecule has 0 amide bonds. The van der Waals surface area contributed by atoms with Gasteiger partial charge in [-0.1, -0.05) is 61.0 Å². The maximum absolute atomic E-state index is 10.6. The summed E-state index contributed by atoms with van der Waals surface area (Å²) in [5.41, 5.74) is 1.71. The lowest BCUT2D eigenvalue weighted by Gasteiger charge is -2.36. The molecule has 2 rings (SSSR count). The van der Waals surface area contributed by atoms with Crippen LogP contribution < -0.4 is 4.43 Å². The number of aliphatic hydroxyl groups is 1. The number of rotatable bonds is 4. The van der Waals surface area contributed by atoms with Gasteiger partial charge in [-0.3, -0.25) is 0 Å². The molecule has 2 aromatic rings. The molecule has 1 N–H and O–H groups in total. The Morgan fingerprint density at radius 2 is 1.57 bits per heavy atom. The zero-order chi connectivity index (χ0) is 17.3. The van der Waals surface area contributed by atoms with Crippen LogP contribution in [0.15, 0.2) is 53.0 Å².